The van der Waals surface area contributed by atoms with E-state index in [-0.39, 0.29) is 5.91 Å². The molecule has 3 nitrogen and oxygen atoms in total. The lowest BCUT2D eigenvalue weighted by molar-refractivity contribution is -0.131. The van der Waals surface area contributed by atoms with Crippen LogP contribution in [0.4, 0.5) is 0 Å². The number of benzene rings is 1. The van der Waals surface area contributed by atoms with Crippen LogP contribution in [-0.2, 0) is 11.2 Å². The molecule has 2 rings (SSSR count). The molecule has 0 spiro atoms. The molecular weight excluding hydrogens is 294 g/mol. The Kier molecular flexibility index (Phi) is 4.64. The van der Waals surface area contributed by atoms with Gasteiger partial charge in [-0.15, -0.1) is 0 Å². The number of piperidine rings is 1. The first-order chi connectivity index (χ1) is 8.70. The van der Waals surface area contributed by atoms with Gasteiger partial charge in [0.25, 0.3) is 0 Å². The minimum Gasteiger partial charge on any atom is -0.496 e. The van der Waals surface area contributed by atoms with Gasteiger partial charge in [-0.3, -0.25) is 4.79 Å². The molecule has 1 amide bonds. The van der Waals surface area contributed by atoms with E-state index in [0.717, 1.165) is 41.7 Å². The quantitative estimate of drug-likeness (QED) is 0.859. The van der Waals surface area contributed by atoms with Crippen molar-refractivity contribution in [3.8, 4) is 5.75 Å². The smallest absolute Gasteiger partial charge is 0.226 e. The minimum atomic E-state index is 0.228. The molecule has 1 heterocycles. The van der Waals surface area contributed by atoms with Crippen LogP contribution in [0, 0.1) is 0 Å². The first-order valence-electron chi connectivity index (χ1n) is 6.31. The summed E-state index contributed by atoms with van der Waals surface area (Å²) in [7, 11) is 1.64. The summed E-state index contributed by atoms with van der Waals surface area (Å²) in [6.07, 6.45) is 4.00. The van der Waals surface area contributed by atoms with Crippen molar-refractivity contribution in [1.29, 1.82) is 0 Å². The van der Waals surface area contributed by atoms with Gasteiger partial charge in [-0.2, -0.15) is 0 Å². The lowest BCUT2D eigenvalue weighted by Gasteiger charge is -2.26. The molecule has 1 aromatic rings. The van der Waals surface area contributed by atoms with E-state index in [1.54, 1.807) is 7.11 Å². The number of halogens is 1. The van der Waals surface area contributed by atoms with Crippen LogP contribution in [0.1, 0.15) is 24.8 Å². The molecule has 0 saturated carbocycles. The van der Waals surface area contributed by atoms with Crippen LogP contribution >= 0.6 is 15.9 Å². The third-order valence-electron chi connectivity index (χ3n) is 3.28. The van der Waals surface area contributed by atoms with E-state index in [4.69, 9.17) is 4.74 Å². The van der Waals surface area contributed by atoms with E-state index in [2.05, 4.69) is 15.9 Å². The van der Waals surface area contributed by atoms with Gasteiger partial charge >= 0.3 is 0 Å². The van der Waals surface area contributed by atoms with E-state index in [1.165, 1.54) is 6.42 Å². The summed E-state index contributed by atoms with van der Waals surface area (Å²) in [5, 5.41) is 0. The molecule has 0 N–H and O–H groups in total. The maximum Gasteiger partial charge on any atom is 0.226 e. The minimum absolute atomic E-state index is 0.228. The van der Waals surface area contributed by atoms with Crippen molar-refractivity contribution in [3.63, 3.8) is 0 Å². The number of hydrogen-bond acceptors (Lipinski definition) is 2. The van der Waals surface area contributed by atoms with Gasteiger partial charge < -0.3 is 9.64 Å². The Hall–Kier alpha value is -1.03. The fourth-order valence-corrected chi connectivity index (χ4v) is 2.84. The third-order valence-corrected chi connectivity index (χ3v) is 3.90. The van der Waals surface area contributed by atoms with Crippen molar-refractivity contribution in [1.82, 2.24) is 4.90 Å². The predicted molar refractivity (Wildman–Crippen MR) is 74.8 cm³/mol. The highest BCUT2D eigenvalue weighted by molar-refractivity contribution is 9.10. The second-order valence-corrected chi connectivity index (χ2v) is 5.44. The van der Waals surface area contributed by atoms with Crippen molar-refractivity contribution in [3.05, 3.63) is 28.2 Å². The topological polar surface area (TPSA) is 29.5 Å². The average molecular weight is 312 g/mol. The van der Waals surface area contributed by atoms with Gasteiger partial charge in [-0.25, -0.2) is 0 Å². The SMILES string of the molecule is COc1ccc(CC(=O)N2CCCCC2)cc1Br. The van der Waals surface area contributed by atoms with Crippen molar-refractivity contribution in [2.24, 2.45) is 0 Å². The number of carbonyl (C=O) groups is 1. The molecule has 1 fully saturated rings. The molecule has 98 valence electrons. The molecule has 0 radical (unpaired) electrons. The Balaban J connectivity index is 2.00. The molecule has 0 atom stereocenters. The largest absolute Gasteiger partial charge is 0.496 e. The molecule has 0 unspecified atom stereocenters. The molecule has 18 heavy (non-hydrogen) atoms. The first kappa shape index (κ1) is 13.4. The second kappa shape index (κ2) is 6.23. The molecule has 4 heteroatoms. The lowest BCUT2D eigenvalue weighted by atomic mass is 10.1. The van der Waals surface area contributed by atoms with Crippen molar-refractivity contribution in [2.45, 2.75) is 25.7 Å². The van der Waals surface area contributed by atoms with E-state index < -0.39 is 0 Å². The van der Waals surface area contributed by atoms with E-state index in [1.807, 2.05) is 23.1 Å². The van der Waals surface area contributed by atoms with Gasteiger partial charge in [0, 0.05) is 13.1 Å². The Morgan fingerprint density at radius 1 is 1.33 bits per heavy atom. The highest BCUT2D eigenvalue weighted by atomic mass is 79.9. The predicted octanol–water partition coefficient (Wildman–Crippen LogP) is 3.01. The van der Waals surface area contributed by atoms with E-state index >= 15 is 0 Å². The Morgan fingerprint density at radius 3 is 2.67 bits per heavy atom. The number of rotatable bonds is 3. The Morgan fingerprint density at radius 2 is 2.06 bits per heavy atom. The summed E-state index contributed by atoms with van der Waals surface area (Å²) in [5.74, 6) is 1.02. The third kappa shape index (κ3) is 3.25. The molecule has 1 aromatic carbocycles. The Bertz CT molecular complexity index is 428. The van der Waals surface area contributed by atoms with Gasteiger partial charge in [0.1, 0.15) is 5.75 Å². The summed E-state index contributed by atoms with van der Waals surface area (Å²) >= 11 is 3.44. The monoisotopic (exact) mass is 311 g/mol. The summed E-state index contributed by atoms with van der Waals surface area (Å²) in [4.78, 5) is 14.1. The van der Waals surface area contributed by atoms with Gasteiger partial charge in [0.2, 0.25) is 5.91 Å². The van der Waals surface area contributed by atoms with Gasteiger partial charge in [0.05, 0.1) is 18.0 Å². The average Bonchev–Trinajstić information content (AvgIpc) is 2.40. The highest BCUT2D eigenvalue weighted by Gasteiger charge is 2.16. The number of amides is 1. The molecule has 1 aliphatic rings. The number of methoxy groups -OCH3 is 1. The summed E-state index contributed by atoms with van der Waals surface area (Å²) in [6, 6.07) is 5.80. The highest BCUT2D eigenvalue weighted by Crippen LogP contribution is 2.26. The fourth-order valence-electron chi connectivity index (χ4n) is 2.25. The second-order valence-electron chi connectivity index (χ2n) is 4.59. The van der Waals surface area contributed by atoms with Crippen LogP contribution in [0.5, 0.6) is 5.75 Å². The summed E-state index contributed by atoms with van der Waals surface area (Å²) < 4.78 is 6.08. The first-order valence-corrected chi connectivity index (χ1v) is 7.10. The van der Waals surface area contributed by atoms with Crippen molar-refractivity contribution < 1.29 is 9.53 Å². The number of hydrogen-bond donors (Lipinski definition) is 0. The number of ether oxygens (including phenoxy) is 1. The zero-order chi connectivity index (χ0) is 13.0. The van der Waals surface area contributed by atoms with Crippen molar-refractivity contribution >= 4 is 21.8 Å². The van der Waals surface area contributed by atoms with Crippen LogP contribution in [0.3, 0.4) is 0 Å². The van der Waals surface area contributed by atoms with E-state index in [9.17, 15) is 4.79 Å². The normalized spacial score (nSPS) is 15.6. The molecule has 1 saturated heterocycles. The van der Waals surface area contributed by atoms with Crippen LogP contribution in [0.25, 0.3) is 0 Å². The zero-order valence-corrected chi connectivity index (χ0v) is 12.2. The van der Waals surface area contributed by atoms with Gasteiger partial charge in [-0.05, 0) is 52.9 Å². The number of carbonyl (C=O) groups excluding carboxylic acids is 1. The van der Waals surface area contributed by atoms with Crippen LogP contribution in [-0.4, -0.2) is 31.0 Å². The lowest BCUT2D eigenvalue weighted by Crippen LogP contribution is -2.36. The van der Waals surface area contributed by atoms with Crippen LogP contribution in [0.15, 0.2) is 22.7 Å². The van der Waals surface area contributed by atoms with Crippen LogP contribution < -0.4 is 4.74 Å². The molecule has 0 bridgehead atoms. The Labute approximate surface area is 116 Å². The fraction of sp³-hybridized carbons (Fsp3) is 0.500. The standard InChI is InChI=1S/C14H18BrNO2/c1-18-13-6-5-11(9-12(13)15)10-14(17)16-7-3-2-4-8-16/h5-6,9H,2-4,7-8,10H2,1H3. The van der Waals surface area contributed by atoms with Crippen molar-refractivity contribution in [2.75, 3.05) is 20.2 Å². The summed E-state index contributed by atoms with van der Waals surface area (Å²) in [5.41, 5.74) is 1.03. The zero-order valence-electron chi connectivity index (χ0n) is 10.6. The maximum absolute atomic E-state index is 12.1. The number of nitrogens with zero attached hydrogens (tertiary/aromatic N) is 1. The maximum atomic E-state index is 12.1. The molecule has 0 aromatic heterocycles. The van der Waals surface area contributed by atoms with E-state index in [0.29, 0.717) is 6.42 Å². The molecule has 0 aliphatic carbocycles. The molecular formula is C14H18BrNO2. The number of likely N-dealkylation sites (tertiary alicyclic amines) is 1. The van der Waals surface area contributed by atoms with Gasteiger partial charge in [0.15, 0.2) is 0 Å². The molecule has 1 aliphatic heterocycles. The summed E-state index contributed by atoms with van der Waals surface area (Å²) in [6.45, 7) is 1.83. The van der Waals surface area contributed by atoms with Gasteiger partial charge in [-0.1, -0.05) is 6.07 Å². The van der Waals surface area contributed by atoms with Crippen LogP contribution in [0.2, 0.25) is 0 Å².